The molecule has 3 aromatic rings. The average Bonchev–Trinajstić information content (AvgIpc) is 3.16. The van der Waals surface area contributed by atoms with E-state index in [0.717, 1.165) is 36.1 Å². The Morgan fingerprint density at radius 3 is 2.94 bits per heavy atom. The van der Waals surface area contributed by atoms with E-state index in [1.165, 1.54) is 15.8 Å². The van der Waals surface area contributed by atoms with E-state index < -0.39 is 0 Å². The third-order valence-electron chi connectivity index (χ3n) is 5.79. The van der Waals surface area contributed by atoms with Crippen molar-refractivity contribution in [1.82, 2.24) is 9.55 Å². The summed E-state index contributed by atoms with van der Waals surface area (Å²) in [6.07, 6.45) is 7.18. The molecule has 0 bridgehead atoms. The molecule has 0 unspecified atom stereocenters. The van der Waals surface area contributed by atoms with Crippen molar-refractivity contribution in [3.05, 3.63) is 63.5 Å². The molecule has 7 nitrogen and oxygen atoms in total. The van der Waals surface area contributed by atoms with E-state index in [2.05, 4.69) is 11.6 Å². The van der Waals surface area contributed by atoms with Crippen molar-refractivity contribution in [2.75, 3.05) is 18.1 Å². The number of benzene rings is 1. The summed E-state index contributed by atoms with van der Waals surface area (Å²) in [5, 5.41) is 0.664. The topological polar surface area (TPSA) is 81.5 Å². The predicted octanol–water partition coefficient (Wildman–Crippen LogP) is 3.13. The Labute approximate surface area is 182 Å². The Balaban J connectivity index is 1.48. The van der Waals surface area contributed by atoms with E-state index in [4.69, 9.17) is 4.74 Å². The Kier molecular flexibility index (Phi) is 4.94. The number of thiophene rings is 1. The standard InChI is InChI=1S/C23H21N3O4S/c1-2-9-26-16-10-14(7-8-18(16)30-12-20(26)28)17(27)11-25-13-24-22-21(23(25)29)15-5-3-4-6-19(15)31-22/h2,7-8,10,13H,1,3-6,9,11-12H2. The van der Waals surface area contributed by atoms with Crippen LogP contribution in [0.15, 0.2) is 42.0 Å². The van der Waals surface area contributed by atoms with Crippen molar-refractivity contribution in [1.29, 1.82) is 0 Å². The molecule has 0 fully saturated rings. The van der Waals surface area contributed by atoms with Crippen LogP contribution in [0.1, 0.15) is 33.6 Å². The molecule has 0 N–H and O–H groups in total. The molecule has 1 aliphatic heterocycles. The molecule has 1 aliphatic carbocycles. The number of anilines is 1. The molecular weight excluding hydrogens is 414 g/mol. The monoisotopic (exact) mass is 435 g/mol. The van der Waals surface area contributed by atoms with Gasteiger partial charge in [0.1, 0.15) is 10.6 Å². The summed E-state index contributed by atoms with van der Waals surface area (Å²) in [5.41, 5.74) is 1.89. The Hall–Kier alpha value is -3.26. The van der Waals surface area contributed by atoms with E-state index in [1.807, 2.05) is 0 Å². The number of ether oxygens (including phenoxy) is 1. The minimum atomic E-state index is -0.230. The van der Waals surface area contributed by atoms with Crippen molar-refractivity contribution in [3.63, 3.8) is 0 Å². The van der Waals surface area contributed by atoms with E-state index in [1.54, 1.807) is 40.5 Å². The molecule has 0 saturated carbocycles. The molecule has 5 rings (SSSR count). The smallest absolute Gasteiger partial charge is 0.265 e. The molecule has 8 heteroatoms. The lowest BCUT2D eigenvalue weighted by Gasteiger charge is -2.28. The molecule has 3 heterocycles. The maximum atomic E-state index is 13.1. The van der Waals surface area contributed by atoms with Gasteiger partial charge in [0.15, 0.2) is 12.4 Å². The summed E-state index contributed by atoms with van der Waals surface area (Å²) < 4.78 is 6.86. The van der Waals surface area contributed by atoms with Gasteiger partial charge in [0.25, 0.3) is 11.5 Å². The first-order chi connectivity index (χ1) is 15.1. The highest BCUT2D eigenvalue weighted by Crippen LogP contribution is 2.34. The summed E-state index contributed by atoms with van der Waals surface area (Å²) in [5.74, 6) is 0.125. The summed E-state index contributed by atoms with van der Waals surface area (Å²) in [4.78, 5) is 46.3. The van der Waals surface area contributed by atoms with E-state index in [0.29, 0.717) is 28.9 Å². The number of nitrogens with zero attached hydrogens (tertiary/aromatic N) is 3. The lowest BCUT2D eigenvalue weighted by Crippen LogP contribution is -2.39. The molecule has 0 atom stereocenters. The van der Waals surface area contributed by atoms with Crippen molar-refractivity contribution >= 4 is 38.9 Å². The number of carbonyl (C=O) groups excluding carboxylic acids is 2. The molecule has 0 saturated heterocycles. The highest BCUT2D eigenvalue weighted by Gasteiger charge is 2.26. The summed E-state index contributed by atoms with van der Waals surface area (Å²) in [6.45, 7) is 3.87. The Bertz CT molecular complexity index is 1290. The van der Waals surface area contributed by atoms with Crippen LogP contribution in [-0.4, -0.2) is 34.4 Å². The van der Waals surface area contributed by atoms with Gasteiger partial charge in [-0.2, -0.15) is 0 Å². The number of aryl methyl sites for hydroxylation is 2. The van der Waals surface area contributed by atoms with Crippen molar-refractivity contribution in [3.8, 4) is 5.75 Å². The average molecular weight is 436 g/mol. The van der Waals surface area contributed by atoms with Crippen LogP contribution in [-0.2, 0) is 24.2 Å². The predicted molar refractivity (Wildman–Crippen MR) is 119 cm³/mol. The summed E-state index contributed by atoms with van der Waals surface area (Å²) >= 11 is 1.59. The van der Waals surface area contributed by atoms with Crippen LogP contribution in [0.5, 0.6) is 5.75 Å². The molecule has 31 heavy (non-hydrogen) atoms. The van der Waals surface area contributed by atoms with Crippen LogP contribution in [0.2, 0.25) is 0 Å². The third kappa shape index (κ3) is 3.37. The largest absolute Gasteiger partial charge is 0.482 e. The van der Waals surface area contributed by atoms with Gasteiger partial charge >= 0.3 is 0 Å². The molecule has 2 aliphatic rings. The Morgan fingerprint density at radius 1 is 1.26 bits per heavy atom. The van der Waals surface area contributed by atoms with E-state index in [-0.39, 0.29) is 30.4 Å². The van der Waals surface area contributed by atoms with Crippen molar-refractivity contribution in [2.24, 2.45) is 0 Å². The van der Waals surface area contributed by atoms with Crippen LogP contribution in [0, 0.1) is 0 Å². The summed E-state index contributed by atoms with van der Waals surface area (Å²) in [7, 11) is 0. The molecule has 1 amide bonds. The molecular formula is C23H21N3O4S. The number of Topliss-reactive ketones (excluding diaryl/α,β-unsaturated/α-hetero) is 1. The fourth-order valence-electron chi connectivity index (χ4n) is 4.24. The molecule has 1 aromatic carbocycles. The van der Waals surface area contributed by atoms with Crippen LogP contribution in [0.4, 0.5) is 5.69 Å². The van der Waals surface area contributed by atoms with Crippen LogP contribution in [0.25, 0.3) is 10.2 Å². The minimum Gasteiger partial charge on any atom is -0.482 e. The molecule has 2 aromatic heterocycles. The lowest BCUT2D eigenvalue weighted by atomic mass is 9.97. The number of hydrogen-bond acceptors (Lipinski definition) is 6. The van der Waals surface area contributed by atoms with Crippen LogP contribution < -0.4 is 15.2 Å². The minimum absolute atomic E-state index is 0.0415. The SMILES string of the molecule is C=CCN1C(=O)COc2ccc(C(=O)Cn3cnc4sc5c(c4c3=O)CCCC5)cc21. The van der Waals surface area contributed by atoms with Gasteiger partial charge in [0.2, 0.25) is 0 Å². The van der Waals surface area contributed by atoms with Gasteiger partial charge in [-0.15, -0.1) is 17.9 Å². The van der Waals surface area contributed by atoms with Crippen LogP contribution >= 0.6 is 11.3 Å². The highest BCUT2D eigenvalue weighted by molar-refractivity contribution is 7.18. The maximum Gasteiger partial charge on any atom is 0.265 e. The molecule has 0 spiro atoms. The van der Waals surface area contributed by atoms with Gasteiger partial charge in [-0.3, -0.25) is 19.0 Å². The van der Waals surface area contributed by atoms with E-state index >= 15 is 0 Å². The van der Waals surface area contributed by atoms with Gasteiger partial charge in [0.05, 0.1) is 23.9 Å². The molecule has 0 radical (unpaired) electrons. The van der Waals surface area contributed by atoms with Gasteiger partial charge < -0.3 is 9.64 Å². The van der Waals surface area contributed by atoms with Crippen LogP contribution in [0.3, 0.4) is 0 Å². The van der Waals surface area contributed by atoms with Gasteiger partial charge in [-0.05, 0) is 49.4 Å². The number of rotatable bonds is 5. The number of ketones is 1. The number of aromatic nitrogens is 2. The number of carbonyl (C=O) groups is 2. The summed E-state index contributed by atoms with van der Waals surface area (Å²) in [6, 6.07) is 4.98. The quantitative estimate of drug-likeness (QED) is 0.454. The first-order valence-corrected chi connectivity index (χ1v) is 11.1. The number of hydrogen-bond donors (Lipinski definition) is 0. The van der Waals surface area contributed by atoms with E-state index in [9.17, 15) is 14.4 Å². The second-order valence-electron chi connectivity index (χ2n) is 7.76. The van der Waals surface area contributed by atoms with Crippen molar-refractivity contribution < 1.29 is 14.3 Å². The fourth-order valence-corrected chi connectivity index (χ4v) is 5.46. The highest BCUT2D eigenvalue weighted by atomic mass is 32.1. The zero-order chi connectivity index (χ0) is 21.5. The first kappa shape index (κ1) is 19.7. The number of fused-ring (bicyclic) bond motifs is 4. The van der Waals surface area contributed by atoms with Gasteiger partial charge in [-0.1, -0.05) is 6.08 Å². The Morgan fingerprint density at radius 2 is 2.10 bits per heavy atom. The second kappa shape index (κ2) is 7.77. The van der Waals surface area contributed by atoms with Gasteiger partial charge in [-0.25, -0.2) is 4.98 Å². The zero-order valence-corrected chi connectivity index (χ0v) is 17.7. The van der Waals surface area contributed by atoms with Crippen molar-refractivity contribution in [2.45, 2.75) is 32.2 Å². The zero-order valence-electron chi connectivity index (χ0n) is 16.9. The van der Waals surface area contributed by atoms with Gasteiger partial charge in [0, 0.05) is 17.0 Å². The lowest BCUT2D eigenvalue weighted by molar-refractivity contribution is -0.121. The number of amides is 1. The fraction of sp³-hybridized carbons (Fsp3) is 0.304. The maximum absolute atomic E-state index is 13.1. The third-order valence-corrected chi connectivity index (χ3v) is 6.99. The normalized spacial score (nSPS) is 15.4. The second-order valence-corrected chi connectivity index (χ2v) is 8.84. The molecule has 158 valence electrons. The first-order valence-electron chi connectivity index (χ1n) is 10.3.